The maximum Gasteiger partial charge on any atom is 0.299 e. The second-order valence-corrected chi connectivity index (χ2v) is 6.50. The molecule has 0 bridgehead atoms. The zero-order chi connectivity index (χ0) is 16.2. The first-order valence-corrected chi connectivity index (χ1v) is 8.45. The van der Waals surface area contributed by atoms with Gasteiger partial charge in [-0.25, -0.2) is 9.82 Å². The predicted octanol–water partition coefficient (Wildman–Crippen LogP) is 2.30. The van der Waals surface area contributed by atoms with E-state index in [1.165, 1.54) is 23.9 Å². The quantitative estimate of drug-likeness (QED) is 0.886. The Kier molecular flexibility index (Phi) is 5.09. The van der Waals surface area contributed by atoms with Crippen LogP contribution in [-0.4, -0.2) is 46.3 Å². The maximum atomic E-state index is 12.9. The van der Waals surface area contributed by atoms with Crippen LogP contribution < -0.4 is 5.43 Å². The van der Waals surface area contributed by atoms with Crippen LogP contribution in [0.5, 0.6) is 0 Å². The summed E-state index contributed by atoms with van der Waals surface area (Å²) in [6.07, 6.45) is 2.30. The SMILES string of the molecule is O=C1NN=C(C2=CCN(CC(O)c3ccc(F)cc3)CC2)CS1. The molecule has 0 fully saturated rings. The summed E-state index contributed by atoms with van der Waals surface area (Å²) in [5.41, 5.74) is 5.29. The van der Waals surface area contributed by atoms with E-state index in [1.54, 1.807) is 12.1 Å². The van der Waals surface area contributed by atoms with Gasteiger partial charge in [0.15, 0.2) is 0 Å². The van der Waals surface area contributed by atoms with Gasteiger partial charge in [0, 0.05) is 25.4 Å². The summed E-state index contributed by atoms with van der Waals surface area (Å²) in [6, 6.07) is 5.95. The lowest BCUT2D eigenvalue weighted by atomic mass is 10.0. The molecule has 5 nitrogen and oxygen atoms in total. The molecule has 0 saturated heterocycles. The highest BCUT2D eigenvalue weighted by Gasteiger charge is 2.21. The van der Waals surface area contributed by atoms with Crippen molar-refractivity contribution in [3.63, 3.8) is 0 Å². The van der Waals surface area contributed by atoms with Crippen LogP contribution in [0.15, 0.2) is 41.0 Å². The molecule has 1 aromatic rings. The van der Waals surface area contributed by atoms with Crippen LogP contribution in [0.4, 0.5) is 9.18 Å². The van der Waals surface area contributed by atoms with E-state index >= 15 is 0 Å². The van der Waals surface area contributed by atoms with E-state index in [0.717, 1.165) is 36.4 Å². The molecule has 2 N–H and O–H groups in total. The van der Waals surface area contributed by atoms with Crippen molar-refractivity contribution in [3.05, 3.63) is 47.3 Å². The predicted molar refractivity (Wildman–Crippen MR) is 88.9 cm³/mol. The van der Waals surface area contributed by atoms with E-state index in [4.69, 9.17) is 0 Å². The summed E-state index contributed by atoms with van der Waals surface area (Å²) >= 11 is 1.22. The Morgan fingerprint density at radius 1 is 1.39 bits per heavy atom. The van der Waals surface area contributed by atoms with Crippen LogP contribution >= 0.6 is 11.8 Å². The molecule has 0 spiro atoms. The number of hydrogen-bond donors (Lipinski definition) is 2. The number of nitrogens with zero attached hydrogens (tertiary/aromatic N) is 2. The molecule has 1 aromatic carbocycles. The van der Waals surface area contributed by atoms with E-state index in [9.17, 15) is 14.3 Å². The van der Waals surface area contributed by atoms with Crippen LogP contribution in [0.2, 0.25) is 0 Å². The molecule has 1 amide bonds. The van der Waals surface area contributed by atoms with Gasteiger partial charge < -0.3 is 5.11 Å². The van der Waals surface area contributed by atoms with Gasteiger partial charge >= 0.3 is 0 Å². The Morgan fingerprint density at radius 2 is 2.17 bits per heavy atom. The summed E-state index contributed by atoms with van der Waals surface area (Å²) in [7, 11) is 0. The monoisotopic (exact) mass is 335 g/mol. The number of carbonyl (C=O) groups is 1. The summed E-state index contributed by atoms with van der Waals surface area (Å²) in [5, 5.41) is 14.2. The fourth-order valence-corrected chi connectivity index (χ4v) is 3.28. The Labute approximate surface area is 138 Å². The summed E-state index contributed by atoms with van der Waals surface area (Å²) in [5.74, 6) is 0.306. The van der Waals surface area contributed by atoms with Gasteiger partial charge in [-0.1, -0.05) is 30.0 Å². The van der Waals surface area contributed by atoms with Crippen molar-refractivity contribution in [2.45, 2.75) is 12.5 Å². The van der Waals surface area contributed by atoms with Crippen molar-refractivity contribution in [2.75, 3.05) is 25.4 Å². The lowest BCUT2D eigenvalue weighted by Gasteiger charge is -2.29. The fraction of sp³-hybridized carbons (Fsp3) is 0.375. The summed E-state index contributed by atoms with van der Waals surface area (Å²) in [4.78, 5) is 13.2. The largest absolute Gasteiger partial charge is 0.387 e. The number of halogens is 1. The van der Waals surface area contributed by atoms with Gasteiger partial charge in [-0.3, -0.25) is 9.69 Å². The summed E-state index contributed by atoms with van der Waals surface area (Å²) in [6.45, 7) is 2.06. The molecule has 2 aliphatic heterocycles. The first-order valence-electron chi connectivity index (χ1n) is 7.46. The number of aliphatic hydroxyl groups is 1. The third kappa shape index (κ3) is 4.19. The number of amides is 1. The van der Waals surface area contributed by atoms with Crippen molar-refractivity contribution in [1.29, 1.82) is 0 Å². The number of thioether (sulfide) groups is 1. The van der Waals surface area contributed by atoms with E-state index < -0.39 is 6.10 Å². The van der Waals surface area contributed by atoms with Gasteiger partial charge in [0.25, 0.3) is 5.24 Å². The molecule has 3 rings (SSSR count). The van der Waals surface area contributed by atoms with Crippen molar-refractivity contribution in [2.24, 2.45) is 5.10 Å². The Balaban J connectivity index is 1.56. The van der Waals surface area contributed by atoms with Gasteiger partial charge in [-0.15, -0.1) is 0 Å². The number of nitrogens with one attached hydrogen (secondary N) is 1. The number of benzene rings is 1. The van der Waals surface area contributed by atoms with Crippen LogP contribution in [0.3, 0.4) is 0 Å². The topological polar surface area (TPSA) is 64.9 Å². The highest BCUT2D eigenvalue weighted by atomic mass is 32.2. The molecule has 0 radical (unpaired) electrons. The van der Waals surface area contributed by atoms with Crippen LogP contribution in [0, 0.1) is 5.82 Å². The third-order valence-corrected chi connectivity index (χ3v) is 4.74. The number of β-amino-alcohol motifs (C(OH)–C–C–N with tert-alkyl or cyclic N) is 1. The van der Waals surface area contributed by atoms with E-state index in [2.05, 4.69) is 21.5 Å². The maximum absolute atomic E-state index is 12.9. The molecule has 0 saturated carbocycles. The number of hydrazone groups is 1. The number of carbonyl (C=O) groups excluding carboxylic acids is 1. The van der Waals surface area contributed by atoms with Crippen LogP contribution in [-0.2, 0) is 0 Å². The Morgan fingerprint density at radius 3 is 2.78 bits per heavy atom. The molecule has 0 aromatic heterocycles. The molecule has 2 heterocycles. The molecule has 7 heteroatoms. The van der Waals surface area contributed by atoms with Crippen LogP contribution in [0.25, 0.3) is 0 Å². The average Bonchev–Trinajstić information content (AvgIpc) is 2.57. The van der Waals surface area contributed by atoms with Gasteiger partial charge in [0.2, 0.25) is 0 Å². The standard InChI is InChI=1S/C16H18FN3O2S/c17-13-3-1-12(2-4-13)15(21)9-20-7-5-11(6-8-20)14-10-23-16(22)19-18-14/h1-5,15,21H,6-10H2,(H,19,22). The average molecular weight is 335 g/mol. The zero-order valence-electron chi connectivity index (χ0n) is 12.5. The van der Waals surface area contributed by atoms with Gasteiger partial charge in [-0.05, 0) is 29.7 Å². The second kappa shape index (κ2) is 7.25. The normalized spacial score (nSPS) is 20.5. The fourth-order valence-electron chi connectivity index (χ4n) is 2.65. The minimum Gasteiger partial charge on any atom is -0.387 e. The Bertz CT molecular complexity index is 645. The number of rotatable bonds is 4. The summed E-state index contributed by atoms with van der Waals surface area (Å²) < 4.78 is 12.9. The molecule has 1 atom stereocenters. The Hall–Kier alpha value is -1.70. The second-order valence-electron chi connectivity index (χ2n) is 5.55. The van der Waals surface area contributed by atoms with Gasteiger partial charge in [0.05, 0.1) is 11.8 Å². The zero-order valence-corrected chi connectivity index (χ0v) is 13.4. The molecule has 1 unspecified atom stereocenters. The minimum absolute atomic E-state index is 0.116. The van der Waals surface area contributed by atoms with Crippen molar-refractivity contribution < 1.29 is 14.3 Å². The van der Waals surface area contributed by atoms with E-state index in [0.29, 0.717) is 12.3 Å². The molecular weight excluding hydrogens is 317 g/mol. The van der Waals surface area contributed by atoms with E-state index in [-0.39, 0.29) is 11.1 Å². The van der Waals surface area contributed by atoms with Gasteiger partial charge in [0.1, 0.15) is 5.82 Å². The van der Waals surface area contributed by atoms with Gasteiger partial charge in [-0.2, -0.15) is 5.10 Å². The first-order chi connectivity index (χ1) is 11.1. The third-order valence-electron chi connectivity index (χ3n) is 3.97. The molecule has 2 aliphatic rings. The highest BCUT2D eigenvalue weighted by Crippen LogP contribution is 2.21. The van der Waals surface area contributed by atoms with E-state index in [1.807, 2.05) is 0 Å². The van der Waals surface area contributed by atoms with Crippen molar-refractivity contribution in [1.82, 2.24) is 10.3 Å². The first kappa shape index (κ1) is 16.2. The smallest absolute Gasteiger partial charge is 0.299 e. The number of aliphatic hydroxyl groups excluding tert-OH is 1. The lowest BCUT2D eigenvalue weighted by molar-refractivity contribution is 0.118. The lowest BCUT2D eigenvalue weighted by Crippen LogP contribution is -2.35. The molecule has 0 aliphatic carbocycles. The molecule has 122 valence electrons. The van der Waals surface area contributed by atoms with Crippen LogP contribution in [0.1, 0.15) is 18.1 Å². The minimum atomic E-state index is -0.632. The molecular formula is C16H18FN3O2S. The highest BCUT2D eigenvalue weighted by molar-refractivity contribution is 8.14. The molecule has 23 heavy (non-hydrogen) atoms. The van der Waals surface area contributed by atoms with Crippen molar-refractivity contribution >= 4 is 22.7 Å². The number of hydrogen-bond acceptors (Lipinski definition) is 5. The van der Waals surface area contributed by atoms with Crippen molar-refractivity contribution in [3.8, 4) is 0 Å².